The van der Waals surface area contributed by atoms with E-state index in [4.69, 9.17) is 4.74 Å². The summed E-state index contributed by atoms with van der Waals surface area (Å²) in [5, 5.41) is 5.23. The Bertz CT molecular complexity index is 498. The third-order valence-electron chi connectivity index (χ3n) is 2.35. The summed E-state index contributed by atoms with van der Waals surface area (Å²) in [7, 11) is 0. The number of amides is 2. The Labute approximate surface area is 123 Å². The van der Waals surface area contributed by atoms with Gasteiger partial charge in [-0.3, -0.25) is 9.59 Å². The maximum atomic E-state index is 12.9. The summed E-state index contributed by atoms with van der Waals surface area (Å²) < 4.78 is 18.1. The Morgan fingerprint density at radius 2 is 1.95 bits per heavy atom. The molecule has 2 amide bonds. The average molecular weight is 296 g/mol. The van der Waals surface area contributed by atoms with E-state index in [9.17, 15) is 14.0 Å². The van der Waals surface area contributed by atoms with Crippen molar-refractivity contribution in [2.24, 2.45) is 0 Å². The SMILES string of the molecule is CC(C)(C)NC(=O)CNC(=O)CCOc1cccc(F)c1. The third-order valence-corrected chi connectivity index (χ3v) is 2.35. The normalized spacial score (nSPS) is 10.9. The van der Waals surface area contributed by atoms with Crippen LogP contribution < -0.4 is 15.4 Å². The largest absolute Gasteiger partial charge is 0.493 e. The lowest BCUT2D eigenvalue weighted by atomic mass is 10.1. The second-order valence-electron chi connectivity index (χ2n) is 5.63. The Morgan fingerprint density at radius 3 is 2.57 bits per heavy atom. The van der Waals surface area contributed by atoms with Gasteiger partial charge in [-0.1, -0.05) is 6.07 Å². The molecule has 0 radical (unpaired) electrons. The van der Waals surface area contributed by atoms with Crippen LogP contribution >= 0.6 is 0 Å². The zero-order valence-corrected chi connectivity index (χ0v) is 12.5. The Kier molecular flexibility index (Phi) is 6.14. The minimum Gasteiger partial charge on any atom is -0.493 e. The predicted octanol–water partition coefficient (Wildman–Crippen LogP) is 1.63. The molecule has 0 saturated carbocycles. The quantitative estimate of drug-likeness (QED) is 0.838. The molecule has 0 aliphatic rings. The number of benzene rings is 1. The Morgan fingerprint density at radius 1 is 1.24 bits per heavy atom. The molecular weight excluding hydrogens is 275 g/mol. The highest BCUT2D eigenvalue weighted by molar-refractivity contribution is 5.85. The summed E-state index contributed by atoms with van der Waals surface area (Å²) in [5.74, 6) is -0.568. The van der Waals surface area contributed by atoms with Crippen molar-refractivity contribution in [2.75, 3.05) is 13.2 Å². The van der Waals surface area contributed by atoms with Crippen molar-refractivity contribution in [1.82, 2.24) is 10.6 Å². The van der Waals surface area contributed by atoms with Gasteiger partial charge < -0.3 is 15.4 Å². The number of carbonyl (C=O) groups is 2. The van der Waals surface area contributed by atoms with Gasteiger partial charge in [0.2, 0.25) is 11.8 Å². The fourth-order valence-corrected chi connectivity index (χ4v) is 1.55. The van der Waals surface area contributed by atoms with Crippen LogP contribution in [-0.2, 0) is 9.59 Å². The van der Waals surface area contributed by atoms with Crippen molar-refractivity contribution >= 4 is 11.8 Å². The van der Waals surface area contributed by atoms with Crippen LogP contribution in [0, 0.1) is 5.82 Å². The number of carbonyl (C=O) groups excluding carboxylic acids is 2. The van der Waals surface area contributed by atoms with Crippen LogP contribution in [0.3, 0.4) is 0 Å². The maximum Gasteiger partial charge on any atom is 0.239 e. The second kappa shape index (κ2) is 7.61. The van der Waals surface area contributed by atoms with Crippen molar-refractivity contribution in [3.05, 3.63) is 30.1 Å². The van der Waals surface area contributed by atoms with Crippen molar-refractivity contribution in [1.29, 1.82) is 0 Å². The molecule has 0 bridgehead atoms. The van der Waals surface area contributed by atoms with E-state index in [1.54, 1.807) is 6.07 Å². The summed E-state index contributed by atoms with van der Waals surface area (Å²) in [6, 6.07) is 5.70. The van der Waals surface area contributed by atoms with Crippen LogP contribution in [0.1, 0.15) is 27.2 Å². The van der Waals surface area contributed by atoms with Gasteiger partial charge in [0, 0.05) is 11.6 Å². The first-order valence-electron chi connectivity index (χ1n) is 6.72. The molecule has 1 aromatic carbocycles. The number of hydrogen-bond donors (Lipinski definition) is 2. The number of hydrogen-bond acceptors (Lipinski definition) is 3. The minimum absolute atomic E-state index is 0.0733. The van der Waals surface area contributed by atoms with Crippen molar-refractivity contribution < 1.29 is 18.7 Å². The van der Waals surface area contributed by atoms with E-state index < -0.39 is 5.82 Å². The number of halogens is 1. The lowest BCUT2D eigenvalue weighted by molar-refractivity contribution is -0.127. The van der Waals surface area contributed by atoms with E-state index >= 15 is 0 Å². The molecule has 0 heterocycles. The average Bonchev–Trinajstić information content (AvgIpc) is 2.34. The number of rotatable bonds is 6. The van der Waals surface area contributed by atoms with Gasteiger partial charge in [0.05, 0.1) is 19.6 Å². The summed E-state index contributed by atoms with van der Waals surface area (Å²) >= 11 is 0. The Balaban J connectivity index is 2.21. The van der Waals surface area contributed by atoms with Crippen LogP contribution in [0.2, 0.25) is 0 Å². The topological polar surface area (TPSA) is 67.4 Å². The van der Waals surface area contributed by atoms with E-state index in [-0.39, 0.29) is 36.9 Å². The molecular formula is C15H21FN2O3. The molecule has 6 heteroatoms. The molecule has 21 heavy (non-hydrogen) atoms. The van der Waals surface area contributed by atoms with Crippen LogP contribution in [0.4, 0.5) is 4.39 Å². The molecule has 0 fully saturated rings. The lowest BCUT2D eigenvalue weighted by Gasteiger charge is -2.20. The van der Waals surface area contributed by atoms with Gasteiger partial charge in [-0.15, -0.1) is 0 Å². The molecule has 0 atom stereocenters. The highest BCUT2D eigenvalue weighted by atomic mass is 19.1. The summed E-state index contributed by atoms with van der Waals surface area (Å²) in [6.07, 6.45) is 0.0965. The van der Waals surface area contributed by atoms with Gasteiger partial charge in [-0.25, -0.2) is 4.39 Å². The minimum atomic E-state index is -0.393. The highest BCUT2D eigenvalue weighted by Gasteiger charge is 2.14. The van der Waals surface area contributed by atoms with Crippen LogP contribution in [0.25, 0.3) is 0 Å². The van der Waals surface area contributed by atoms with Crippen molar-refractivity contribution in [3.63, 3.8) is 0 Å². The summed E-state index contributed by atoms with van der Waals surface area (Å²) in [6.45, 7) is 5.63. The van der Waals surface area contributed by atoms with E-state index in [1.165, 1.54) is 18.2 Å². The molecule has 1 aromatic rings. The summed E-state index contributed by atoms with van der Waals surface area (Å²) in [5.41, 5.74) is -0.331. The van der Waals surface area contributed by atoms with Gasteiger partial charge in [0.25, 0.3) is 0 Å². The molecule has 116 valence electrons. The fourth-order valence-electron chi connectivity index (χ4n) is 1.55. The zero-order valence-electron chi connectivity index (χ0n) is 12.5. The standard InChI is InChI=1S/C15H21FN2O3/c1-15(2,3)18-14(20)10-17-13(19)7-8-21-12-6-4-5-11(16)9-12/h4-6,9H,7-8,10H2,1-3H3,(H,17,19)(H,18,20). The smallest absolute Gasteiger partial charge is 0.239 e. The molecule has 0 aliphatic carbocycles. The molecule has 0 aromatic heterocycles. The molecule has 0 spiro atoms. The second-order valence-corrected chi connectivity index (χ2v) is 5.63. The zero-order chi connectivity index (χ0) is 15.9. The monoisotopic (exact) mass is 296 g/mol. The van der Waals surface area contributed by atoms with E-state index in [0.717, 1.165) is 0 Å². The number of nitrogens with one attached hydrogen (secondary N) is 2. The van der Waals surface area contributed by atoms with Gasteiger partial charge in [-0.2, -0.15) is 0 Å². The molecule has 0 aliphatic heterocycles. The molecule has 0 unspecified atom stereocenters. The van der Waals surface area contributed by atoms with Gasteiger partial charge in [0.1, 0.15) is 11.6 Å². The van der Waals surface area contributed by atoms with E-state index in [1.807, 2.05) is 20.8 Å². The van der Waals surface area contributed by atoms with Crippen molar-refractivity contribution in [2.45, 2.75) is 32.7 Å². The molecule has 5 nitrogen and oxygen atoms in total. The molecule has 0 saturated heterocycles. The first kappa shape index (κ1) is 16.9. The van der Waals surface area contributed by atoms with E-state index in [0.29, 0.717) is 5.75 Å². The third kappa shape index (κ3) is 7.91. The number of ether oxygens (including phenoxy) is 1. The summed E-state index contributed by atoms with van der Waals surface area (Å²) in [4.78, 5) is 23.0. The molecule has 2 N–H and O–H groups in total. The van der Waals surface area contributed by atoms with Crippen LogP contribution in [-0.4, -0.2) is 30.5 Å². The van der Waals surface area contributed by atoms with Gasteiger partial charge in [0.15, 0.2) is 0 Å². The Hall–Kier alpha value is -2.11. The van der Waals surface area contributed by atoms with Gasteiger partial charge >= 0.3 is 0 Å². The maximum absolute atomic E-state index is 12.9. The van der Waals surface area contributed by atoms with E-state index in [2.05, 4.69) is 10.6 Å². The van der Waals surface area contributed by atoms with Gasteiger partial charge in [-0.05, 0) is 32.9 Å². The lowest BCUT2D eigenvalue weighted by Crippen LogP contribution is -2.45. The van der Waals surface area contributed by atoms with Crippen LogP contribution in [0.5, 0.6) is 5.75 Å². The fraction of sp³-hybridized carbons (Fsp3) is 0.467. The first-order chi connectivity index (χ1) is 9.76. The molecule has 1 rings (SSSR count). The highest BCUT2D eigenvalue weighted by Crippen LogP contribution is 2.11. The predicted molar refractivity (Wildman–Crippen MR) is 77.4 cm³/mol. The van der Waals surface area contributed by atoms with Crippen molar-refractivity contribution in [3.8, 4) is 5.75 Å². The van der Waals surface area contributed by atoms with Crippen LogP contribution in [0.15, 0.2) is 24.3 Å². The first-order valence-corrected chi connectivity index (χ1v) is 6.72.